The standard InChI is InChI=1S/C11H19F/c1-10(2)11(12)8-6-4-3-5-7-9-11/h6,8,10H,3-5,7,9H2,1-2H3/b8-6-. The van der Waals surface area contributed by atoms with Crippen molar-refractivity contribution in [1.82, 2.24) is 0 Å². The molecule has 1 aliphatic rings. The quantitative estimate of drug-likeness (QED) is 0.524. The van der Waals surface area contributed by atoms with Crippen molar-refractivity contribution in [3.63, 3.8) is 0 Å². The largest absolute Gasteiger partial charge is 0.239 e. The summed E-state index contributed by atoms with van der Waals surface area (Å²) in [6.07, 6.45) is 9.02. The predicted molar refractivity (Wildman–Crippen MR) is 50.9 cm³/mol. The van der Waals surface area contributed by atoms with E-state index in [0.29, 0.717) is 6.42 Å². The number of hydrogen-bond acceptors (Lipinski definition) is 0. The van der Waals surface area contributed by atoms with Gasteiger partial charge in [-0.2, -0.15) is 0 Å². The number of halogens is 1. The van der Waals surface area contributed by atoms with Crippen molar-refractivity contribution >= 4 is 0 Å². The fraction of sp³-hybridized carbons (Fsp3) is 0.818. The molecule has 0 bridgehead atoms. The van der Waals surface area contributed by atoms with E-state index in [4.69, 9.17) is 0 Å². The average molecular weight is 170 g/mol. The van der Waals surface area contributed by atoms with Crippen molar-refractivity contribution in [3.05, 3.63) is 12.2 Å². The zero-order chi connectivity index (χ0) is 9.03. The first-order valence-corrected chi connectivity index (χ1v) is 5.02. The van der Waals surface area contributed by atoms with Gasteiger partial charge in [-0.1, -0.05) is 32.4 Å². The second-order valence-electron chi connectivity index (χ2n) is 4.08. The summed E-state index contributed by atoms with van der Waals surface area (Å²) in [5.74, 6) is 0.117. The van der Waals surface area contributed by atoms with E-state index < -0.39 is 5.67 Å². The summed E-state index contributed by atoms with van der Waals surface area (Å²) in [5.41, 5.74) is -1.03. The lowest BCUT2D eigenvalue weighted by Crippen LogP contribution is -2.27. The number of alkyl halides is 1. The van der Waals surface area contributed by atoms with Crippen molar-refractivity contribution in [1.29, 1.82) is 0 Å². The highest BCUT2D eigenvalue weighted by Gasteiger charge is 2.30. The molecule has 0 amide bonds. The highest BCUT2D eigenvalue weighted by Crippen LogP contribution is 2.31. The van der Waals surface area contributed by atoms with Gasteiger partial charge in [-0.3, -0.25) is 0 Å². The molecule has 0 spiro atoms. The first-order chi connectivity index (χ1) is 5.65. The molecule has 0 aromatic heterocycles. The molecular weight excluding hydrogens is 151 g/mol. The Kier molecular flexibility index (Phi) is 3.30. The van der Waals surface area contributed by atoms with Gasteiger partial charge in [0, 0.05) is 0 Å². The van der Waals surface area contributed by atoms with Crippen LogP contribution in [0.15, 0.2) is 12.2 Å². The van der Waals surface area contributed by atoms with E-state index >= 15 is 0 Å². The van der Waals surface area contributed by atoms with Gasteiger partial charge in [0.25, 0.3) is 0 Å². The molecule has 0 radical (unpaired) electrons. The molecule has 1 rings (SSSR count). The molecule has 0 aromatic rings. The van der Waals surface area contributed by atoms with Gasteiger partial charge in [0.2, 0.25) is 0 Å². The Bertz CT molecular complexity index is 160. The Labute approximate surface area is 74.9 Å². The second kappa shape index (κ2) is 4.06. The Morgan fingerprint density at radius 2 is 2.00 bits per heavy atom. The third kappa shape index (κ3) is 2.33. The van der Waals surface area contributed by atoms with Crippen molar-refractivity contribution in [2.45, 2.75) is 51.6 Å². The molecule has 0 heterocycles. The molecular formula is C11H19F. The molecule has 1 unspecified atom stereocenters. The monoisotopic (exact) mass is 170 g/mol. The fourth-order valence-corrected chi connectivity index (χ4v) is 1.68. The molecule has 0 aliphatic heterocycles. The van der Waals surface area contributed by atoms with Crippen LogP contribution in [0.5, 0.6) is 0 Å². The summed E-state index contributed by atoms with van der Waals surface area (Å²) >= 11 is 0. The molecule has 0 fully saturated rings. The minimum absolute atomic E-state index is 0.117. The van der Waals surface area contributed by atoms with Crippen molar-refractivity contribution < 1.29 is 4.39 Å². The van der Waals surface area contributed by atoms with Crippen LogP contribution in [-0.4, -0.2) is 5.67 Å². The van der Waals surface area contributed by atoms with Crippen LogP contribution in [-0.2, 0) is 0 Å². The second-order valence-corrected chi connectivity index (χ2v) is 4.08. The van der Waals surface area contributed by atoms with Crippen LogP contribution in [0.3, 0.4) is 0 Å². The molecule has 0 saturated heterocycles. The van der Waals surface area contributed by atoms with Gasteiger partial charge in [-0.05, 0) is 31.6 Å². The van der Waals surface area contributed by atoms with Gasteiger partial charge >= 0.3 is 0 Å². The SMILES string of the molecule is CC(C)C1(F)/C=C\CCCCC1. The average Bonchev–Trinajstić information content (AvgIpc) is 1.97. The molecule has 0 aromatic carbocycles. The van der Waals surface area contributed by atoms with E-state index in [1.54, 1.807) is 6.08 Å². The lowest BCUT2D eigenvalue weighted by Gasteiger charge is -2.27. The van der Waals surface area contributed by atoms with Crippen LogP contribution in [0.2, 0.25) is 0 Å². The Morgan fingerprint density at radius 1 is 1.25 bits per heavy atom. The minimum atomic E-state index is -1.03. The van der Waals surface area contributed by atoms with Gasteiger partial charge in [-0.25, -0.2) is 4.39 Å². The first kappa shape index (κ1) is 9.76. The summed E-state index contributed by atoms with van der Waals surface area (Å²) in [4.78, 5) is 0. The predicted octanol–water partition coefficient (Wildman–Crippen LogP) is 3.87. The van der Waals surface area contributed by atoms with Crippen LogP contribution in [0.4, 0.5) is 4.39 Å². The molecule has 1 heteroatoms. The fourth-order valence-electron chi connectivity index (χ4n) is 1.68. The highest BCUT2D eigenvalue weighted by atomic mass is 19.1. The Hall–Kier alpha value is -0.330. The number of rotatable bonds is 1. The van der Waals surface area contributed by atoms with E-state index in [0.717, 1.165) is 12.8 Å². The van der Waals surface area contributed by atoms with Crippen molar-refractivity contribution in [3.8, 4) is 0 Å². The molecule has 0 nitrogen and oxygen atoms in total. The van der Waals surface area contributed by atoms with Gasteiger partial charge in [0.05, 0.1) is 0 Å². The van der Waals surface area contributed by atoms with Crippen LogP contribution < -0.4 is 0 Å². The lowest BCUT2D eigenvalue weighted by molar-refractivity contribution is 0.140. The Balaban J connectivity index is 2.64. The molecule has 12 heavy (non-hydrogen) atoms. The molecule has 1 aliphatic carbocycles. The molecule has 0 N–H and O–H groups in total. The van der Waals surface area contributed by atoms with E-state index in [9.17, 15) is 4.39 Å². The van der Waals surface area contributed by atoms with Crippen molar-refractivity contribution in [2.24, 2.45) is 5.92 Å². The van der Waals surface area contributed by atoms with Gasteiger partial charge in [0.1, 0.15) is 5.67 Å². The smallest absolute Gasteiger partial charge is 0.131 e. The normalized spacial score (nSPS) is 34.3. The van der Waals surface area contributed by atoms with Crippen LogP contribution in [0, 0.1) is 5.92 Å². The van der Waals surface area contributed by atoms with Gasteiger partial charge < -0.3 is 0 Å². The van der Waals surface area contributed by atoms with Crippen LogP contribution in [0.25, 0.3) is 0 Å². The summed E-state index contributed by atoms with van der Waals surface area (Å²) < 4.78 is 14.0. The summed E-state index contributed by atoms with van der Waals surface area (Å²) in [6, 6.07) is 0. The number of hydrogen-bond donors (Lipinski definition) is 0. The molecule has 0 saturated carbocycles. The molecule has 70 valence electrons. The maximum atomic E-state index is 14.0. The Morgan fingerprint density at radius 3 is 2.67 bits per heavy atom. The third-order valence-electron chi connectivity index (χ3n) is 2.79. The van der Waals surface area contributed by atoms with E-state index in [1.165, 1.54) is 12.8 Å². The number of allylic oxidation sites excluding steroid dienone is 2. The summed E-state index contributed by atoms with van der Waals surface area (Å²) in [7, 11) is 0. The summed E-state index contributed by atoms with van der Waals surface area (Å²) in [5, 5.41) is 0. The van der Waals surface area contributed by atoms with E-state index in [2.05, 4.69) is 0 Å². The van der Waals surface area contributed by atoms with E-state index in [1.807, 2.05) is 19.9 Å². The minimum Gasteiger partial charge on any atom is -0.239 e. The summed E-state index contributed by atoms with van der Waals surface area (Å²) in [6.45, 7) is 3.93. The first-order valence-electron chi connectivity index (χ1n) is 5.02. The van der Waals surface area contributed by atoms with Gasteiger partial charge in [-0.15, -0.1) is 0 Å². The van der Waals surface area contributed by atoms with Crippen LogP contribution in [0.1, 0.15) is 46.0 Å². The topological polar surface area (TPSA) is 0 Å². The third-order valence-corrected chi connectivity index (χ3v) is 2.79. The van der Waals surface area contributed by atoms with Crippen LogP contribution >= 0.6 is 0 Å². The molecule has 1 atom stereocenters. The lowest BCUT2D eigenvalue weighted by atomic mass is 9.85. The maximum absolute atomic E-state index is 14.0. The zero-order valence-electron chi connectivity index (χ0n) is 8.15. The van der Waals surface area contributed by atoms with E-state index in [-0.39, 0.29) is 5.92 Å². The maximum Gasteiger partial charge on any atom is 0.131 e. The highest BCUT2D eigenvalue weighted by molar-refractivity contribution is 5.04. The van der Waals surface area contributed by atoms with Gasteiger partial charge in [0.15, 0.2) is 0 Å². The zero-order valence-corrected chi connectivity index (χ0v) is 8.15. The van der Waals surface area contributed by atoms with Crippen molar-refractivity contribution in [2.75, 3.05) is 0 Å².